The monoisotopic (exact) mass is 325 g/mol. The number of aliphatic hydroxyl groups is 1. The van der Waals surface area contributed by atoms with E-state index >= 15 is 0 Å². The van der Waals surface area contributed by atoms with Crippen molar-refractivity contribution in [2.75, 3.05) is 13.2 Å². The largest absolute Gasteiger partial charge is 0.508 e. The summed E-state index contributed by atoms with van der Waals surface area (Å²) in [5, 5.41) is 27.9. The van der Waals surface area contributed by atoms with Crippen LogP contribution in [0.4, 0.5) is 4.79 Å². The molecule has 1 amide bonds. The molecular formula is C16H23NO6. The maximum absolute atomic E-state index is 12.1. The number of carbonyl (C=O) groups excluding carboxylic acids is 1. The molecule has 23 heavy (non-hydrogen) atoms. The summed E-state index contributed by atoms with van der Waals surface area (Å²) in [7, 11) is 0. The fraction of sp³-hybridized carbons (Fsp3) is 0.500. The Morgan fingerprint density at radius 3 is 2.43 bits per heavy atom. The lowest BCUT2D eigenvalue weighted by Gasteiger charge is -2.27. The lowest BCUT2D eigenvalue weighted by atomic mass is 10.1. The Morgan fingerprint density at radius 2 is 1.91 bits per heavy atom. The minimum atomic E-state index is -0.985. The Morgan fingerprint density at radius 1 is 1.26 bits per heavy atom. The highest BCUT2D eigenvalue weighted by atomic mass is 16.6. The van der Waals surface area contributed by atoms with Crippen molar-refractivity contribution in [3.8, 4) is 5.75 Å². The van der Waals surface area contributed by atoms with Crippen molar-refractivity contribution >= 4 is 12.1 Å². The van der Waals surface area contributed by atoms with Crippen LogP contribution in [0.5, 0.6) is 5.75 Å². The molecule has 0 aliphatic heterocycles. The first kappa shape index (κ1) is 18.8. The van der Waals surface area contributed by atoms with Crippen LogP contribution in [0, 0.1) is 0 Å². The molecule has 0 heterocycles. The molecular weight excluding hydrogens is 302 g/mol. The van der Waals surface area contributed by atoms with Gasteiger partial charge in [-0.3, -0.25) is 4.79 Å². The lowest BCUT2D eigenvalue weighted by Crippen LogP contribution is -2.38. The van der Waals surface area contributed by atoms with Crippen molar-refractivity contribution in [2.24, 2.45) is 0 Å². The number of amides is 1. The molecule has 1 aromatic carbocycles. The molecule has 0 spiro atoms. The van der Waals surface area contributed by atoms with Crippen LogP contribution in [0.1, 0.15) is 31.9 Å². The summed E-state index contributed by atoms with van der Waals surface area (Å²) < 4.78 is 5.26. The number of nitrogens with zero attached hydrogens (tertiary/aromatic N) is 1. The molecule has 7 heteroatoms. The summed E-state index contributed by atoms with van der Waals surface area (Å²) in [6.45, 7) is 4.98. The highest BCUT2D eigenvalue weighted by Gasteiger charge is 2.23. The summed E-state index contributed by atoms with van der Waals surface area (Å²) in [5.41, 5.74) is 0.222. The molecule has 3 N–H and O–H groups in total. The van der Waals surface area contributed by atoms with Gasteiger partial charge in [0.1, 0.15) is 11.4 Å². The third-order valence-electron chi connectivity index (χ3n) is 2.88. The Hall–Kier alpha value is -2.28. The van der Waals surface area contributed by atoms with Gasteiger partial charge >= 0.3 is 12.1 Å². The van der Waals surface area contributed by atoms with Gasteiger partial charge in [0.05, 0.1) is 19.6 Å². The second-order valence-corrected chi connectivity index (χ2v) is 6.16. The summed E-state index contributed by atoms with van der Waals surface area (Å²) in [6.07, 6.45) is -0.797. The normalized spacial score (nSPS) is 11.1. The Kier molecular flexibility index (Phi) is 6.38. The zero-order chi connectivity index (χ0) is 17.6. The van der Waals surface area contributed by atoms with E-state index in [4.69, 9.17) is 14.9 Å². The molecule has 0 saturated carbocycles. The molecule has 0 aliphatic carbocycles. The van der Waals surface area contributed by atoms with Crippen molar-refractivity contribution in [3.05, 3.63) is 29.3 Å². The van der Waals surface area contributed by atoms with Gasteiger partial charge in [-0.1, -0.05) is 6.07 Å². The van der Waals surface area contributed by atoms with Crippen molar-refractivity contribution < 1.29 is 29.6 Å². The fourth-order valence-corrected chi connectivity index (χ4v) is 1.94. The first-order chi connectivity index (χ1) is 10.6. The number of phenolic OH excluding ortho intramolecular Hbond substituents is 1. The Labute approximate surface area is 135 Å². The number of aliphatic hydroxyl groups excluding tert-OH is 1. The van der Waals surface area contributed by atoms with E-state index in [0.717, 1.165) is 0 Å². The third-order valence-corrected chi connectivity index (χ3v) is 2.88. The summed E-state index contributed by atoms with van der Waals surface area (Å²) in [4.78, 5) is 24.2. The zero-order valence-corrected chi connectivity index (χ0v) is 13.6. The average molecular weight is 325 g/mol. The van der Waals surface area contributed by atoms with Crippen LogP contribution >= 0.6 is 0 Å². The molecule has 0 saturated heterocycles. The summed E-state index contributed by atoms with van der Waals surface area (Å²) >= 11 is 0. The molecule has 0 atom stereocenters. The van der Waals surface area contributed by atoms with E-state index in [9.17, 15) is 14.7 Å². The first-order valence-electron chi connectivity index (χ1n) is 7.23. The van der Waals surface area contributed by atoms with E-state index < -0.39 is 17.7 Å². The molecule has 0 fully saturated rings. The van der Waals surface area contributed by atoms with Crippen LogP contribution in [0.2, 0.25) is 0 Å². The Balaban J connectivity index is 2.95. The number of hydrogen-bond donors (Lipinski definition) is 3. The van der Waals surface area contributed by atoms with Gasteiger partial charge in [-0.2, -0.15) is 0 Å². The highest BCUT2D eigenvalue weighted by Crippen LogP contribution is 2.22. The van der Waals surface area contributed by atoms with E-state index in [0.29, 0.717) is 11.1 Å². The number of benzene rings is 1. The van der Waals surface area contributed by atoms with Gasteiger partial charge in [-0.15, -0.1) is 0 Å². The number of rotatable bonds is 6. The van der Waals surface area contributed by atoms with Crippen molar-refractivity contribution in [2.45, 2.75) is 39.3 Å². The van der Waals surface area contributed by atoms with Gasteiger partial charge in [0.15, 0.2) is 0 Å². The van der Waals surface area contributed by atoms with Crippen molar-refractivity contribution in [3.63, 3.8) is 0 Å². The third kappa shape index (κ3) is 6.56. The predicted octanol–water partition coefficient (Wildman–Crippen LogP) is 1.75. The van der Waals surface area contributed by atoms with Crippen LogP contribution in [0.3, 0.4) is 0 Å². The summed E-state index contributed by atoms with van der Waals surface area (Å²) in [6, 6.07) is 4.43. The van der Waals surface area contributed by atoms with Crippen LogP contribution < -0.4 is 0 Å². The minimum absolute atomic E-state index is 0.00870. The van der Waals surface area contributed by atoms with Gasteiger partial charge in [-0.05, 0) is 38.5 Å². The average Bonchev–Trinajstić information content (AvgIpc) is 2.39. The molecule has 128 valence electrons. The highest BCUT2D eigenvalue weighted by molar-refractivity contribution is 5.70. The van der Waals surface area contributed by atoms with E-state index in [-0.39, 0.29) is 31.9 Å². The molecule has 0 aromatic heterocycles. The molecule has 1 aromatic rings. The van der Waals surface area contributed by atoms with Gasteiger partial charge in [0, 0.05) is 12.1 Å². The number of ether oxygens (including phenoxy) is 1. The standard InChI is InChI=1S/C16H23NO6/c1-16(2,3)23-15(22)17(6-7-18)10-12-8-11(9-14(20)21)4-5-13(12)19/h4-5,8,18-19H,6-7,9-10H2,1-3H3,(H,20,21). The second-order valence-electron chi connectivity index (χ2n) is 6.16. The van der Waals surface area contributed by atoms with Crippen LogP contribution in [0.15, 0.2) is 18.2 Å². The SMILES string of the molecule is CC(C)(C)OC(=O)N(CCO)Cc1cc(CC(=O)O)ccc1O. The molecule has 0 unspecified atom stereocenters. The lowest BCUT2D eigenvalue weighted by molar-refractivity contribution is -0.136. The number of carboxylic acid groups (broad SMARTS) is 1. The molecule has 0 radical (unpaired) electrons. The molecule has 1 rings (SSSR count). The topological polar surface area (TPSA) is 107 Å². The van der Waals surface area contributed by atoms with Crippen LogP contribution in [-0.2, 0) is 22.5 Å². The second kappa shape index (κ2) is 7.82. The van der Waals surface area contributed by atoms with Gasteiger partial charge in [0.2, 0.25) is 0 Å². The van der Waals surface area contributed by atoms with E-state index in [1.165, 1.54) is 23.1 Å². The maximum atomic E-state index is 12.1. The number of carboxylic acids is 1. The van der Waals surface area contributed by atoms with E-state index in [1.54, 1.807) is 20.8 Å². The molecule has 0 bridgehead atoms. The first-order valence-corrected chi connectivity index (χ1v) is 7.23. The maximum Gasteiger partial charge on any atom is 0.410 e. The number of aromatic hydroxyl groups is 1. The van der Waals surface area contributed by atoms with Crippen molar-refractivity contribution in [1.82, 2.24) is 4.90 Å². The predicted molar refractivity (Wildman–Crippen MR) is 83.2 cm³/mol. The van der Waals surface area contributed by atoms with Gasteiger partial charge < -0.3 is 25.0 Å². The Bertz CT molecular complexity index is 564. The molecule has 0 aliphatic rings. The van der Waals surface area contributed by atoms with Crippen LogP contribution in [0.25, 0.3) is 0 Å². The molecule has 7 nitrogen and oxygen atoms in total. The van der Waals surface area contributed by atoms with E-state index in [1.807, 2.05) is 0 Å². The number of aliphatic carboxylic acids is 1. The fourth-order valence-electron chi connectivity index (χ4n) is 1.94. The quantitative estimate of drug-likeness (QED) is 0.735. The smallest absolute Gasteiger partial charge is 0.410 e. The van der Waals surface area contributed by atoms with E-state index in [2.05, 4.69) is 0 Å². The van der Waals surface area contributed by atoms with Crippen LogP contribution in [-0.4, -0.2) is 51.0 Å². The number of hydrogen-bond acceptors (Lipinski definition) is 5. The van der Waals surface area contributed by atoms with Gasteiger partial charge in [0.25, 0.3) is 0 Å². The van der Waals surface area contributed by atoms with Crippen molar-refractivity contribution in [1.29, 1.82) is 0 Å². The number of phenols is 1. The zero-order valence-electron chi connectivity index (χ0n) is 13.6. The number of carbonyl (C=O) groups is 2. The summed E-state index contributed by atoms with van der Waals surface area (Å²) in [5.74, 6) is -1.04. The van der Waals surface area contributed by atoms with Gasteiger partial charge in [-0.25, -0.2) is 4.79 Å². The minimum Gasteiger partial charge on any atom is -0.508 e.